The number of rotatable bonds is 4. The van der Waals surface area contributed by atoms with Crippen molar-refractivity contribution in [1.82, 2.24) is 0 Å². The summed E-state index contributed by atoms with van der Waals surface area (Å²) in [6, 6.07) is 8.01. The third-order valence-corrected chi connectivity index (χ3v) is 8.32. The van der Waals surface area contributed by atoms with E-state index in [9.17, 15) is 9.90 Å². The summed E-state index contributed by atoms with van der Waals surface area (Å²) in [5.41, 5.74) is -1.72. The van der Waals surface area contributed by atoms with Crippen LogP contribution in [0.2, 0.25) is 0 Å². The standard InChI is InChI=1S/C19H22NO4S2.CH3Br.BrH/c1-20(2)12-9-11(10-13(20)17-16(12)24-17)23-18(21)19(22,14-5-3-7-25-14)15-6-4-8-26-15;1-2;/h3-8,11-13,16-17,22H,9-10H2,1-2H3;1H3;1H/q+1;;/p-1/t11-,12-,13+,16-,17+;;. The Morgan fingerprint density at radius 3 is 2.03 bits per heavy atom. The molecule has 0 radical (unpaired) electrons. The van der Waals surface area contributed by atoms with Gasteiger partial charge in [-0.3, -0.25) is 0 Å². The van der Waals surface area contributed by atoms with E-state index in [1.54, 1.807) is 12.1 Å². The summed E-state index contributed by atoms with van der Waals surface area (Å²) in [5.74, 6) is 1.25. The Hall–Kier alpha value is -0.290. The molecule has 3 saturated heterocycles. The molecule has 3 aliphatic heterocycles. The molecule has 9 heteroatoms. The number of hydrogen-bond acceptors (Lipinski definition) is 6. The number of piperidine rings is 1. The number of hydrogen-bond donors (Lipinski definition) is 1. The molecule has 0 aliphatic carbocycles. The predicted octanol–water partition coefficient (Wildman–Crippen LogP) is 0.361. The second-order valence-corrected chi connectivity index (χ2v) is 9.89. The van der Waals surface area contributed by atoms with Gasteiger partial charge in [0.2, 0.25) is 5.60 Å². The Bertz CT molecular complexity index is 773. The van der Waals surface area contributed by atoms with Gasteiger partial charge in [0.15, 0.2) is 0 Å². The van der Waals surface area contributed by atoms with Crippen molar-refractivity contribution in [3.8, 4) is 0 Å². The lowest BCUT2D eigenvalue weighted by molar-refractivity contribution is -0.938. The summed E-state index contributed by atoms with van der Waals surface area (Å²) >= 11 is 5.68. The largest absolute Gasteiger partial charge is 1.00 e. The number of ether oxygens (including phenoxy) is 2. The van der Waals surface area contributed by atoms with Crippen LogP contribution in [-0.2, 0) is 19.9 Å². The number of aliphatic hydroxyl groups is 1. The van der Waals surface area contributed by atoms with E-state index in [0.717, 1.165) is 17.3 Å². The molecular weight excluding hydrogens is 542 g/mol. The number of fused-ring (bicyclic) bond motifs is 5. The van der Waals surface area contributed by atoms with Crippen LogP contribution >= 0.6 is 38.6 Å². The monoisotopic (exact) mass is 565 g/mol. The van der Waals surface area contributed by atoms with Gasteiger partial charge in [-0.05, 0) is 28.7 Å². The number of thiophene rings is 2. The average Bonchev–Trinajstić information content (AvgIpc) is 3.06. The topological polar surface area (TPSA) is 59.1 Å². The normalized spacial score (nSPS) is 31.0. The van der Waals surface area contributed by atoms with Gasteiger partial charge in [0, 0.05) is 12.8 Å². The third-order valence-electron chi connectivity index (χ3n) is 6.36. The minimum absolute atomic E-state index is 0. The van der Waals surface area contributed by atoms with Crippen LogP contribution in [0, 0.1) is 0 Å². The van der Waals surface area contributed by atoms with Gasteiger partial charge in [0.25, 0.3) is 0 Å². The molecule has 0 amide bonds. The Balaban J connectivity index is 0.000000778. The minimum atomic E-state index is -1.72. The van der Waals surface area contributed by atoms with Gasteiger partial charge in [0.05, 0.1) is 23.8 Å². The first kappa shape index (κ1) is 23.4. The van der Waals surface area contributed by atoms with Crippen molar-refractivity contribution in [3.05, 3.63) is 44.8 Å². The first-order chi connectivity index (χ1) is 13.4. The number of alkyl halides is 1. The highest BCUT2D eigenvalue weighted by molar-refractivity contribution is 9.08. The number of nitrogens with zero attached hydrogens (tertiary/aromatic N) is 1. The molecule has 0 saturated carbocycles. The second kappa shape index (κ2) is 8.68. The van der Waals surface area contributed by atoms with Gasteiger partial charge in [0.1, 0.15) is 30.4 Å². The fourth-order valence-corrected chi connectivity index (χ4v) is 6.54. The van der Waals surface area contributed by atoms with E-state index in [0.29, 0.717) is 34.0 Å². The van der Waals surface area contributed by atoms with Gasteiger partial charge < -0.3 is 36.0 Å². The number of quaternary nitrogens is 1. The molecule has 29 heavy (non-hydrogen) atoms. The summed E-state index contributed by atoms with van der Waals surface area (Å²) < 4.78 is 12.6. The SMILES string of the molecule is CBr.C[N+]1(C)[C@@H]2C[C@@H](OC(=O)C(O)(c3cccs3)c3cccs3)C[C@H]1[C@@H]1O[C@@H]12.[Br-]. The molecule has 3 aliphatic rings. The maximum atomic E-state index is 13.1. The molecule has 0 spiro atoms. The molecule has 2 aromatic heterocycles. The van der Waals surface area contributed by atoms with Gasteiger partial charge in [-0.1, -0.05) is 28.1 Å². The lowest BCUT2D eigenvalue weighted by atomic mass is 9.95. The Morgan fingerprint density at radius 1 is 1.14 bits per heavy atom. The number of epoxide rings is 1. The molecule has 160 valence electrons. The summed E-state index contributed by atoms with van der Waals surface area (Å²) in [6.45, 7) is 0. The molecule has 3 fully saturated rings. The molecule has 5 heterocycles. The lowest BCUT2D eigenvalue weighted by Gasteiger charge is -2.45. The van der Waals surface area contributed by atoms with E-state index in [1.165, 1.54) is 22.7 Å². The van der Waals surface area contributed by atoms with Crippen LogP contribution < -0.4 is 17.0 Å². The van der Waals surface area contributed by atoms with Crippen molar-refractivity contribution in [2.45, 2.75) is 48.8 Å². The second-order valence-electron chi connectivity index (χ2n) is 7.99. The number of morpholine rings is 1. The summed E-state index contributed by atoms with van der Waals surface area (Å²) in [4.78, 5) is 14.3. The Labute approximate surface area is 198 Å². The summed E-state index contributed by atoms with van der Waals surface area (Å²) in [5, 5.41) is 15.1. The molecule has 5 nitrogen and oxygen atoms in total. The first-order valence-corrected chi connectivity index (χ1v) is 12.6. The van der Waals surface area contributed by atoms with E-state index in [2.05, 4.69) is 30.0 Å². The van der Waals surface area contributed by atoms with Crippen LogP contribution in [0.1, 0.15) is 22.6 Å². The average molecular weight is 567 g/mol. The molecule has 1 N–H and O–H groups in total. The van der Waals surface area contributed by atoms with E-state index >= 15 is 0 Å². The number of esters is 1. The molecule has 5 rings (SSSR count). The quantitative estimate of drug-likeness (QED) is 0.251. The number of carbonyl (C=O) groups excluding carboxylic acids is 1. The fourth-order valence-electron chi connectivity index (χ4n) is 4.83. The van der Waals surface area contributed by atoms with Crippen molar-refractivity contribution in [3.63, 3.8) is 0 Å². The highest BCUT2D eigenvalue weighted by Crippen LogP contribution is 2.52. The smallest absolute Gasteiger partial charge is 0.349 e. The van der Waals surface area contributed by atoms with Crippen LogP contribution in [-0.4, -0.2) is 65.9 Å². The number of halogens is 2. The molecule has 2 bridgehead atoms. The van der Waals surface area contributed by atoms with Crippen LogP contribution in [0.15, 0.2) is 35.0 Å². The van der Waals surface area contributed by atoms with Gasteiger partial charge in [-0.2, -0.15) is 0 Å². The number of likely N-dealkylation sites (N-methyl/N-ethyl adjacent to an activating group) is 1. The molecule has 0 unspecified atom stereocenters. The van der Waals surface area contributed by atoms with Crippen LogP contribution in [0.25, 0.3) is 0 Å². The van der Waals surface area contributed by atoms with Crippen LogP contribution in [0.4, 0.5) is 0 Å². The van der Waals surface area contributed by atoms with Crippen molar-refractivity contribution in [2.75, 3.05) is 19.9 Å². The van der Waals surface area contributed by atoms with Crippen LogP contribution in [0.3, 0.4) is 0 Å². The van der Waals surface area contributed by atoms with Gasteiger partial charge in [-0.15, -0.1) is 22.7 Å². The van der Waals surface area contributed by atoms with E-state index in [4.69, 9.17) is 9.47 Å². The Kier molecular flexibility index (Phi) is 7.00. The summed E-state index contributed by atoms with van der Waals surface area (Å²) in [6.07, 6.45) is 2.05. The zero-order valence-corrected chi connectivity index (χ0v) is 21.3. The zero-order valence-electron chi connectivity index (χ0n) is 16.5. The van der Waals surface area contributed by atoms with Crippen molar-refractivity contribution in [2.24, 2.45) is 0 Å². The number of carbonyl (C=O) groups is 1. The highest BCUT2D eigenvalue weighted by Gasteiger charge is 2.71. The van der Waals surface area contributed by atoms with Crippen molar-refractivity contribution in [1.29, 1.82) is 0 Å². The van der Waals surface area contributed by atoms with Gasteiger partial charge in [-0.25, -0.2) is 4.79 Å². The van der Waals surface area contributed by atoms with Crippen molar-refractivity contribution < 1.29 is 40.8 Å². The summed E-state index contributed by atoms with van der Waals surface area (Å²) in [7, 11) is 4.49. The van der Waals surface area contributed by atoms with Gasteiger partial charge >= 0.3 is 5.97 Å². The van der Waals surface area contributed by atoms with Crippen molar-refractivity contribution >= 4 is 44.6 Å². The molecular formula is C20H25Br2NO4S2. The van der Waals surface area contributed by atoms with Crippen LogP contribution in [0.5, 0.6) is 0 Å². The molecule has 0 aromatic carbocycles. The van der Waals surface area contributed by atoms with E-state index < -0.39 is 11.6 Å². The first-order valence-electron chi connectivity index (χ1n) is 9.30. The highest BCUT2D eigenvalue weighted by atomic mass is 79.9. The van der Waals surface area contributed by atoms with E-state index in [-0.39, 0.29) is 23.1 Å². The third kappa shape index (κ3) is 3.77. The fraction of sp³-hybridized carbons (Fsp3) is 0.550. The predicted molar refractivity (Wildman–Crippen MR) is 114 cm³/mol. The Morgan fingerprint density at radius 2 is 1.62 bits per heavy atom. The zero-order chi connectivity index (χ0) is 20.1. The maximum Gasteiger partial charge on any atom is 0.349 e. The lowest BCUT2D eigenvalue weighted by Crippen LogP contribution is -3.00. The molecule has 5 atom stereocenters. The van der Waals surface area contributed by atoms with E-state index in [1.807, 2.05) is 28.7 Å². The minimum Gasteiger partial charge on any atom is -1.00 e. The molecule has 2 aromatic rings. The maximum absolute atomic E-state index is 13.1.